The minimum absolute atomic E-state index is 0.298. The van der Waals surface area contributed by atoms with Crippen LogP contribution in [-0.4, -0.2) is 62.0 Å². The van der Waals surface area contributed by atoms with Crippen LogP contribution in [0.4, 0.5) is 11.6 Å². The van der Waals surface area contributed by atoms with Crippen molar-refractivity contribution in [2.24, 2.45) is 0 Å². The van der Waals surface area contributed by atoms with Gasteiger partial charge in [-0.2, -0.15) is 0 Å². The van der Waals surface area contributed by atoms with Gasteiger partial charge >= 0.3 is 0 Å². The van der Waals surface area contributed by atoms with Crippen molar-refractivity contribution in [3.8, 4) is 5.75 Å². The Morgan fingerprint density at radius 1 is 1.25 bits per heavy atom. The summed E-state index contributed by atoms with van der Waals surface area (Å²) in [7, 11) is 3.77. The molecule has 3 heterocycles. The fraction of sp³-hybridized carbons (Fsp3) is 0.417. The number of rotatable bonds is 4. The molecule has 1 N–H and O–H groups in total. The van der Waals surface area contributed by atoms with Crippen LogP contribution in [0.15, 0.2) is 53.6 Å². The maximum Gasteiger partial charge on any atom is 0.227 e. The summed E-state index contributed by atoms with van der Waals surface area (Å²) in [5.74, 6) is 1.46. The first-order chi connectivity index (χ1) is 15.7. The van der Waals surface area contributed by atoms with E-state index in [1.165, 1.54) is 4.91 Å². The molecule has 4 rings (SSSR count). The third-order valence-electron chi connectivity index (χ3n) is 5.20. The second kappa shape index (κ2) is 11.5. The predicted molar refractivity (Wildman–Crippen MR) is 128 cm³/mol. The van der Waals surface area contributed by atoms with Gasteiger partial charge in [-0.05, 0) is 37.7 Å². The fourth-order valence-corrected chi connectivity index (χ4v) is 4.75. The molecule has 2 aliphatic rings. The highest BCUT2D eigenvalue weighted by molar-refractivity contribution is 8.03. The lowest BCUT2D eigenvalue weighted by molar-refractivity contribution is 0.145. The van der Waals surface area contributed by atoms with Gasteiger partial charge in [0, 0.05) is 42.6 Å². The molecule has 0 saturated carbocycles. The first kappa shape index (κ1) is 22.8. The Morgan fingerprint density at radius 2 is 2.19 bits per heavy atom. The number of nitrogens with one attached hydrogen (secondary N) is 1. The van der Waals surface area contributed by atoms with Gasteiger partial charge in [-0.1, -0.05) is 18.2 Å². The van der Waals surface area contributed by atoms with Crippen molar-refractivity contribution in [3.05, 3.63) is 64.9 Å². The van der Waals surface area contributed by atoms with Gasteiger partial charge in [0.25, 0.3) is 0 Å². The number of benzene rings is 1. The Labute approximate surface area is 193 Å². The van der Waals surface area contributed by atoms with Gasteiger partial charge in [-0.25, -0.2) is 9.97 Å². The molecule has 7 nitrogen and oxygen atoms in total. The van der Waals surface area contributed by atoms with E-state index < -0.39 is 0 Å². The van der Waals surface area contributed by atoms with Crippen molar-refractivity contribution in [1.29, 1.82) is 0 Å². The van der Waals surface area contributed by atoms with E-state index in [1.54, 1.807) is 7.11 Å². The molecule has 1 unspecified atom stereocenters. The minimum Gasteiger partial charge on any atom is -0.491 e. The van der Waals surface area contributed by atoms with E-state index in [0.717, 1.165) is 42.2 Å². The van der Waals surface area contributed by atoms with Gasteiger partial charge in [-0.15, -0.1) is 11.8 Å². The first-order valence-electron chi connectivity index (χ1n) is 10.8. The molecule has 8 heteroatoms. The molecule has 0 radical (unpaired) electrons. The van der Waals surface area contributed by atoms with E-state index in [0.29, 0.717) is 37.6 Å². The Morgan fingerprint density at radius 3 is 3.09 bits per heavy atom. The number of ether oxygens (including phenoxy) is 3. The average Bonchev–Trinajstić information content (AvgIpc) is 3.26. The van der Waals surface area contributed by atoms with Gasteiger partial charge in [-0.3, -0.25) is 4.90 Å². The third kappa shape index (κ3) is 6.32. The topological polar surface area (TPSA) is 68.7 Å². The average molecular weight is 455 g/mol. The third-order valence-corrected chi connectivity index (χ3v) is 6.51. The largest absolute Gasteiger partial charge is 0.491 e. The zero-order valence-electron chi connectivity index (χ0n) is 18.6. The molecule has 0 spiro atoms. The number of aromatic nitrogens is 2. The molecule has 0 saturated heterocycles. The summed E-state index contributed by atoms with van der Waals surface area (Å²) in [6, 6.07) is 8.10. The lowest BCUT2D eigenvalue weighted by Gasteiger charge is -2.19. The number of anilines is 2. The number of likely N-dealkylation sites (N-methyl/N-ethyl adjacent to an activating group) is 1. The number of fused-ring (bicyclic) bond motifs is 7. The molecule has 1 aromatic heterocycles. The van der Waals surface area contributed by atoms with E-state index in [4.69, 9.17) is 19.2 Å². The molecule has 2 aliphatic heterocycles. The fourth-order valence-electron chi connectivity index (χ4n) is 3.59. The molecule has 6 bridgehead atoms. The van der Waals surface area contributed by atoms with Gasteiger partial charge in [0.05, 0.1) is 30.8 Å². The van der Waals surface area contributed by atoms with Crippen molar-refractivity contribution in [3.63, 3.8) is 0 Å². The van der Waals surface area contributed by atoms with E-state index in [2.05, 4.69) is 46.5 Å². The summed E-state index contributed by atoms with van der Waals surface area (Å²) in [6.45, 7) is 3.88. The molecule has 1 aromatic carbocycles. The number of thioether (sulfide) groups is 1. The maximum absolute atomic E-state index is 5.96. The molecule has 170 valence electrons. The highest BCUT2D eigenvalue weighted by atomic mass is 32.2. The standard InChI is InChI=1S/C24H30N4O3S/c1-28-11-3-4-12-30-17-20-6-8-23(32-20)21-9-10-25-24(27-21)26-19-5-7-22(18(15-19)16-28)31-14-13-29-2/h3-7,9-10,15,23H,8,11-14,16-17H2,1-2H3,(H,25,26,27)/b4-3+. The van der Waals surface area contributed by atoms with Gasteiger partial charge < -0.3 is 19.5 Å². The van der Waals surface area contributed by atoms with E-state index in [9.17, 15) is 0 Å². The lowest BCUT2D eigenvalue weighted by Crippen LogP contribution is -2.19. The van der Waals surface area contributed by atoms with E-state index in [1.807, 2.05) is 36.2 Å². The van der Waals surface area contributed by atoms with Gasteiger partial charge in [0.15, 0.2) is 0 Å². The monoisotopic (exact) mass is 454 g/mol. The predicted octanol–water partition coefficient (Wildman–Crippen LogP) is 4.33. The molecule has 32 heavy (non-hydrogen) atoms. The Kier molecular flexibility index (Phi) is 8.17. The van der Waals surface area contributed by atoms with Crippen molar-refractivity contribution in [2.75, 3.05) is 52.4 Å². The van der Waals surface area contributed by atoms with Crippen LogP contribution >= 0.6 is 11.8 Å². The summed E-state index contributed by atoms with van der Waals surface area (Å²) < 4.78 is 16.9. The molecule has 1 atom stereocenters. The molecule has 2 aromatic rings. The number of nitrogens with zero attached hydrogens (tertiary/aromatic N) is 3. The number of methoxy groups -OCH3 is 1. The van der Waals surface area contributed by atoms with Crippen molar-refractivity contribution in [2.45, 2.75) is 18.2 Å². The van der Waals surface area contributed by atoms with Crippen molar-refractivity contribution in [1.82, 2.24) is 14.9 Å². The van der Waals surface area contributed by atoms with Crippen LogP contribution in [0.3, 0.4) is 0 Å². The summed E-state index contributed by atoms with van der Waals surface area (Å²) in [5.41, 5.74) is 3.06. The Hall–Kier alpha value is -2.39. The molecular formula is C24H30N4O3S. The van der Waals surface area contributed by atoms with Crippen LogP contribution in [0.1, 0.15) is 22.9 Å². The normalized spacial score (nSPS) is 20.6. The summed E-state index contributed by atoms with van der Waals surface area (Å²) in [5, 5.41) is 3.67. The lowest BCUT2D eigenvalue weighted by atomic mass is 10.1. The SMILES string of the molecule is COCCOc1ccc2cc1CN(C)C/C=C/COCC1=CCC(S1)c1ccnc(n1)N2. The molecule has 0 fully saturated rings. The second-order valence-electron chi connectivity index (χ2n) is 7.79. The van der Waals surface area contributed by atoms with Crippen LogP contribution in [0.25, 0.3) is 0 Å². The zero-order chi connectivity index (χ0) is 22.2. The molecule has 0 amide bonds. The Bertz CT molecular complexity index is 966. The second-order valence-corrected chi connectivity index (χ2v) is 9.12. The van der Waals surface area contributed by atoms with Crippen molar-refractivity contribution < 1.29 is 14.2 Å². The first-order valence-corrected chi connectivity index (χ1v) is 11.7. The van der Waals surface area contributed by atoms with Gasteiger partial charge in [0.2, 0.25) is 5.95 Å². The Balaban J connectivity index is 1.59. The van der Waals surface area contributed by atoms with Gasteiger partial charge in [0.1, 0.15) is 12.4 Å². The highest BCUT2D eigenvalue weighted by Crippen LogP contribution is 2.43. The molecular weight excluding hydrogens is 424 g/mol. The minimum atomic E-state index is 0.298. The number of hydrogen-bond donors (Lipinski definition) is 1. The highest BCUT2D eigenvalue weighted by Gasteiger charge is 2.21. The summed E-state index contributed by atoms with van der Waals surface area (Å²) >= 11 is 1.83. The zero-order valence-corrected chi connectivity index (χ0v) is 19.4. The summed E-state index contributed by atoms with van der Waals surface area (Å²) in [6.07, 6.45) is 9.26. The van der Waals surface area contributed by atoms with Crippen LogP contribution in [0.2, 0.25) is 0 Å². The quantitative estimate of drug-likeness (QED) is 0.541. The number of hydrogen-bond acceptors (Lipinski definition) is 8. The van der Waals surface area contributed by atoms with Crippen LogP contribution in [-0.2, 0) is 16.0 Å². The van der Waals surface area contributed by atoms with Crippen LogP contribution in [0.5, 0.6) is 5.75 Å². The smallest absolute Gasteiger partial charge is 0.227 e. The van der Waals surface area contributed by atoms with Crippen LogP contribution in [0, 0.1) is 0 Å². The van der Waals surface area contributed by atoms with Crippen molar-refractivity contribution >= 4 is 23.4 Å². The summed E-state index contributed by atoms with van der Waals surface area (Å²) in [4.78, 5) is 12.7. The maximum atomic E-state index is 5.96. The number of allylic oxidation sites excluding steroid dienone is 1. The molecule has 0 aliphatic carbocycles. The van der Waals surface area contributed by atoms with E-state index >= 15 is 0 Å². The van der Waals surface area contributed by atoms with E-state index in [-0.39, 0.29) is 0 Å². The van der Waals surface area contributed by atoms with Crippen LogP contribution < -0.4 is 10.1 Å².